The lowest BCUT2D eigenvalue weighted by atomic mass is 9.92. The lowest BCUT2D eigenvalue weighted by Crippen LogP contribution is -2.29. The summed E-state index contributed by atoms with van der Waals surface area (Å²) in [6.45, 7) is 4.08. The number of rotatable bonds is 1. The third-order valence-corrected chi connectivity index (χ3v) is 3.10. The van der Waals surface area contributed by atoms with Crippen molar-refractivity contribution in [3.63, 3.8) is 0 Å². The molecule has 3 atom stereocenters. The van der Waals surface area contributed by atoms with Crippen LogP contribution in [0.1, 0.15) is 43.7 Å². The van der Waals surface area contributed by atoms with Crippen molar-refractivity contribution in [1.82, 2.24) is 4.98 Å². The fourth-order valence-corrected chi connectivity index (χ4v) is 2.17. The highest BCUT2D eigenvalue weighted by Crippen LogP contribution is 2.36. The molecule has 0 aromatic carbocycles. The van der Waals surface area contributed by atoms with Gasteiger partial charge in [-0.25, -0.2) is 4.98 Å². The third-order valence-electron chi connectivity index (χ3n) is 2.88. The van der Waals surface area contributed by atoms with E-state index in [4.69, 9.17) is 16.3 Å². The van der Waals surface area contributed by atoms with Crippen LogP contribution in [0, 0.1) is 0 Å². The summed E-state index contributed by atoms with van der Waals surface area (Å²) >= 11 is 5.85. The molecule has 0 fully saturated rings. The maximum absolute atomic E-state index is 9.77. The summed E-state index contributed by atoms with van der Waals surface area (Å²) in [7, 11) is 0. The van der Waals surface area contributed by atoms with E-state index < -0.39 is 6.29 Å². The molecule has 0 saturated heterocycles. The quantitative estimate of drug-likeness (QED) is 0.750. The zero-order valence-electron chi connectivity index (χ0n) is 8.77. The van der Waals surface area contributed by atoms with E-state index >= 15 is 0 Å². The van der Waals surface area contributed by atoms with Gasteiger partial charge in [-0.3, -0.25) is 0 Å². The molecular weight excluding hydrogens is 214 g/mol. The Labute approximate surface area is 94.0 Å². The molecule has 2 heterocycles. The Bertz CT molecular complexity index is 370. The minimum atomic E-state index is -0.870. The molecule has 3 nitrogen and oxygen atoms in total. The number of ether oxygens (including phenoxy) is 1. The molecule has 1 aromatic rings. The lowest BCUT2D eigenvalue weighted by Gasteiger charge is -2.33. The second-order valence-electron chi connectivity index (χ2n) is 3.83. The maximum atomic E-state index is 9.77. The van der Waals surface area contributed by atoms with E-state index in [1.807, 2.05) is 13.8 Å². The van der Waals surface area contributed by atoms with Crippen molar-refractivity contribution in [3.05, 3.63) is 28.5 Å². The van der Waals surface area contributed by atoms with Crippen molar-refractivity contribution in [2.24, 2.45) is 0 Å². The fourth-order valence-electron chi connectivity index (χ4n) is 2.02. The second-order valence-corrected chi connectivity index (χ2v) is 4.22. The fraction of sp³-hybridized carbons (Fsp3) is 0.545. The Balaban J connectivity index is 2.45. The van der Waals surface area contributed by atoms with Crippen LogP contribution < -0.4 is 0 Å². The zero-order valence-corrected chi connectivity index (χ0v) is 9.53. The van der Waals surface area contributed by atoms with Crippen LogP contribution in [-0.4, -0.2) is 16.2 Å². The molecule has 1 N–H and O–H groups in total. The topological polar surface area (TPSA) is 42.4 Å². The number of halogens is 1. The van der Waals surface area contributed by atoms with Gasteiger partial charge in [0.05, 0.1) is 11.8 Å². The Morgan fingerprint density at radius 1 is 1.53 bits per heavy atom. The Hall–Kier alpha value is -0.640. The second kappa shape index (κ2) is 4.08. The van der Waals surface area contributed by atoms with Crippen molar-refractivity contribution in [3.8, 4) is 0 Å². The van der Waals surface area contributed by atoms with E-state index in [9.17, 15) is 5.11 Å². The monoisotopic (exact) mass is 227 g/mol. The molecule has 82 valence electrons. The molecule has 0 radical (unpaired) electrons. The highest BCUT2D eigenvalue weighted by Gasteiger charge is 2.32. The zero-order chi connectivity index (χ0) is 11.0. The number of nitrogens with zero attached hydrogens (tertiary/aromatic N) is 1. The van der Waals surface area contributed by atoms with Gasteiger partial charge in [0.1, 0.15) is 5.15 Å². The van der Waals surface area contributed by atoms with E-state index in [1.165, 1.54) is 0 Å². The van der Waals surface area contributed by atoms with E-state index in [2.05, 4.69) is 4.98 Å². The van der Waals surface area contributed by atoms with Crippen LogP contribution in [-0.2, 0) is 4.74 Å². The molecule has 0 aliphatic carbocycles. The smallest absolute Gasteiger partial charge is 0.183 e. The van der Waals surface area contributed by atoms with Crippen LogP contribution in [0.2, 0.25) is 5.15 Å². The summed E-state index contributed by atoms with van der Waals surface area (Å²) < 4.78 is 5.49. The molecule has 15 heavy (non-hydrogen) atoms. The van der Waals surface area contributed by atoms with Gasteiger partial charge < -0.3 is 9.84 Å². The Morgan fingerprint density at radius 2 is 2.27 bits per heavy atom. The standard InChI is InChI=1S/C11H14ClNO2/c1-3-8-6(2)10-7(11(14)15-8)4-5-9(12)13-10/h4-6,8,11,14H,3H2,1-2H3/t6-,8-,11?/m0/s1. The normalized spacial score (nSPS) is 30.0. The van der Waals surface area contributed by atoms with Crippen molar-refractivity contribution in [2.75, 3.05) is 0 Å². The molecular formula is C11H14ClNO2. The van der Waals surface area contributed by atoms with E-state index in [-0.39, 0.29) is 12.0 Å². The Morgan fingerprint density at radius 3 is 2.93 bits per heavy atom. The van der Waals surface area contributed by atoms with Crippen LogP contribution in [0.4, 0.5) is 0 Å². The van der Waals surface area contributed by atoms with E-state index in [0.29, 0.717) is 5.15 Å². The number of hydrogen-bond donors (Lipinski definition) is 1. The van der Waals surface area contributed by atoms with Gasteiger partial charge in [-0.15, -0.1) is 0 Å². The largest absolute Gasteiger partial charge is 0.364 e. The number of hydrogen-bond acceptors (Lipinski definition) is 3. The summed E-state index contributed by atoms with van der Waals surface area (Å²) in [5.74, 6) is 0.173. The average molecular weight is 228 g/mol. The number of pyridine rings is 1. The highest BCUT2D eigenvalue weighted by molar-refractivity contribution is 6.29. The molecule has 0 amide bonds. The molecule has 4 heteroatoms. The van der Waals surface area contributed by atoms with Crippen LogP contribution in [0.15, 0.2) is 12.1 Å². The summed E-state index contributed by atoms with van der Waals surface area (Å²) in [4.78, 5) is 4.27. The first-order valence-corrected chi connectivity index (χ1v) is 5.51. The van der Waals surface area contributed by atoms with E-state index in [0.717, 1.165) is 17.7 Å². The molecule has 0 spiro atoms. The lowest BCUT2D eigenvalue weighted by molar-refractivity contribution is -0.157. The molecule has 0 bridgehead atoms. The van der Waals surface area contributed by atoms with Crippen molar-refractivity contribution >= 4 is 11.6 Å². The predicted octanol–water partition coefficient (Wildman–Crippen LogP) is 2.64. The summed E-state index contributed by atoms with van der Waals surface area (Å²) in [6.07, 6.45) is -0.00402. The summed E-state index contributed by atoms with van der Waals surface area (Å²) in [6, 6.07) is 3.45. The minimum Gasteiger partial charge on any atom is -0.364 e. The van der Waals surface area contributed by atoms with Gasteiger partial charge in [-0.05, 0) is 18.6 Å². The SMILES string of the molecule is CC[C@@H]1OC(O)c2ccc(Cl)nc2[C@H]1C. The molecule has 0 saturated carbocycles. The number of fused-ring (bicyclic) bond motifs is 1. The van der Waals surface area contributed by atoms with Crippen LogP contribution in [0.3, 0.4) is 0 Å². The first kappa shape index (κ1) is 10.9. The van der Waals surface area contributed by atoms with E-state index in [1.54, 1.807) is 12.1 Å². The van der Waals surface area contributed by atoms with Gasteiger partial charge in [0.25, 0.3) is 0 Å². The number of aliphatic hydroxyl groups is 1. The predicted molar refractivity (Wildman–Crippen MR) is 57.8 cm³/mol. The van der Waals surface area contributed by atoms with Gasteiger partial charge in [-0.2, -0.15) is 0 Å². The van der Waals surface area contributed by atoms with Crippen molar-refractivity contribution in [2.45, 2.75) is 38.6 Å². The van der Waals surface area contributed by atoms with Gasteiger partial charge in [-0.1, -0.05) is 25.4 Å². The van der Waals surface area contributed by atoms with Crippen LogP contribution in [0.5, 0.6) is 0 Å². The first-order valence-electron chi connectivity index (χ1n) is 5.13. The van der Waals surface area contributed by atoms with Crippen molar-refractivity contribution < 1.29 is 9.84 Å². The molecule has 1 unspecified atom stereocenters. The average Bonchev–Trinajstić information content (AvgIpc) is 2.23. The third kappa shape index (κ3) is 1.87. The number of aliphatic hydroxyl groups excluding tert-OH is 1. The van der Waals surface area contributed by atoms with Gasteiger partial charge in [0, 0.05) is 11.5 Å². The molecule has 2 rings (SSSR count). The highest BCUT2D eigenvalue weighted by atomic mass is 35.5. The summed E-state index contributed by atoms with van der Waals surface area (Å²) in [5, 5.41) is 10.2. The van der Waals surface area contributed by atoms with Gasteiger partial charge >= 0.3 is 0 Å². The van der Waals surface area contributed by atoms with Gasteiger partial charge in [0.15, 0.2) is 6.29 Å². The Kier molecular flexibility index (Phi) is 2.96. The minimum absolute atomic E-state index is 0.0125. The van der Waals surface area contributed by atoms with Crippen LogP contribution in [0.25, 0.3) is 0 Å². The number of aromatic nitrogens is 1. The molecule has 1 aromatic heterocycles. The first-order chi connectivity index (χ1) is 7.13. The summed E-state index contributed by atoms with van der Waals surface area (Å²) in [5.41, 5.74) is 1.59. The van der Waals surface area contributed by atoms with Crippen LogP contribution >= 0.6 is 11.6 Å². The maximum Gasteiger partial charge on any atom is 0.183 e. The van der Waals surface area contributed by atoms with Crippen molar-refractivity contribution in [1.29, 1.82) is 0 Å². The van der Waals surface area contributed by atoms with Gasteiger partial charge in [0.2, 0.25) is 0 Å². The molecule has 1 aliphatic rings. The molecule has 1 aliphatic heterocycles.